The van der Waals surface area contributed by atoms with Crippen molar-refractivity contribution in [2.45, 2.75) is 19.4 Å². The van der Waals surface area contributed by atoms with Crippen molar-refractivity contribution in [1.82, 2.24) is 9.88 Å². The molecule has 0 aliphatic carbocycles. The summed E-state index contributed by atoms with van der Waals surface area (Å²) in [6.07, 6.45) is 2.20. The fraction of sp³-hybridized carbons (Fsp3) is 0.500. The van der Waals surface area contributed by atoms with Crippen LogP contribution in [0.1, 0.15) is 12.6 Å². The molecule has 0 aromatic carbocycles. The topological polar surface area (TPSA) is 42.4 Å². The second kappa shape index (κ2) is 5.60. The molecule has 1 amide bonds. The summed E-state index contributed by atoms with van der Waals surface area (Å²) in [5, 5.41) is 0. The van der Waals surface area contributed by atoms with Crippen LogP contribution in [0.25, 0.3) is 0 Å². The number of carbonyl (C=O) groups is 1. The average molecular weight is 299 g/mol. The van der Waals surface area contributed by atoms with Gasteiger partial charge in [-0.2, -0.15) is 0 Å². The van der Waals surface area contributed by atoms with Crippen LogP contribution in [0.2, 0.25) is 0 Å². The number of aromatic nitrogens is 1. The first kappa shape index (κ1) is 12.5. The van der Waals surface area contributed by atoms with E-state index in [1.807, 2.05) is 24.0 Å². The highest BCUT2D eigenvalue weighted by molar-refractivity contribution is 9.10. The minimum Gasteiger partial charge on any atom is -0.375 e. The SMILES string of the molecule is C[C@@H]1CN(C(=O)Cc2ccc(Br)cn2)CCO1. The zero-order chi connectivity index (χ0) is 12.3. The Kier molecular flexibility index (Phi) is 4.12. The second-order valence-corrected chi connectivity index (χ2v) is 5.08. The van der Waals surface area contributed by atoms with E-state index in [1.165, 1.54) is 0 Å². The van der Waals surface area contributed by atoms with E-state index in [1.54, 1.807) is 6.20 Å². The maximum atomic E-state index is 12.0. The van der Waals surface area contributed by atoms with Crippen molar-refractivity contribution in [3.8, 4) is 0 Å². The molecule has 1 aliphatic rings. The lowest BCUT2D eigenvalue weighted by Crippen LogP contribution is -2.45. The van der Waals surface area contributed by atoms with Crippen LogP contribution in [0.4, 0.5) is 0 Å². The number of nitrogens with zero attached hydrogens (tertiary/aromatic N) is 2. The van der Waals surface area contributed by atoms with Crippen LogP contribution >= 0.6 is 15.9 Å². The number of hydrogen-bond acceptors (Lipinski definition) is 3. The van der Waals surface area contributed by atoms with Crippen molar-refractivity contribution in [2.24, 2.45) is 0 Å². The number of morpholine rings is 1. The Morgan fingerprint density at radius 2 is 2.47 bits per heavy atom. The lowest BCUT2D eigenvalue weighted by atomic mass is 10.2. The summed E-state index contributed by atoms with van der Waals surface area (Å²) < 4.78 is 6.33. The van der Waals surface area contributed by atoms with Crippen LogP contribution in [-0.4, -0.2) is 41.6 Å². The number of carbonyl (C=O) groups excluding carboxylic acids is 1. The smallest absolute Gasteiger partial charge is 0.228 e. The summed E-state index contributed by atoms with van der Waals surface area (Å²) in [7, 11) is 0. The Bertz CT molecular complexity index is 394. The van der Waals surface area contributed by atoms with Gasteiger partial charge in [-0.15, -0.1) is 0 Å². The molecular formula is C12H15BrN2O2. The third kappa shape index (κ3) is 3.51. The molecule has 1 atom stereocenters. The van der Waals surface area contributed by atoms with E-state index < -0.39 is 0 Å². The Balaban J connectivity index is 1.94. The fourth-order valence-corrected chi connectivity index (χ4v) is 2.06. The van der Waals surface area contributed by atoms with Crippen LogP contribution in [-0.2, 0) is 16.0 Å². The lowest BCUT2D eigenvalue weighted by Gasteiger charge is -2.31. The van der Waals surface area contributed by atoms with E-state index in [0.29, 0.717) is 26.1 Å². The highest BCUT2D eigenvalue weighted by Gasteiger charge is 2.21. The van der Waals surface area contributed by atoms with E-state index in [2.05, 4.69) is 20.9 Å². The van der Waals surface area contributed by atoms with E-state index in [-0.39, 0.29) is 12.0 Å². The van der Waals surface area contributed by atoms with Crippen molar-refractivity contribution < 1.29 is 9.53 Å². The van der Waals surface area contributed by atoms with Crippen molar-refractivity contribution >= 4 is 21.8 Å². The summed E-state index contributed by atoms with van der Waals surface area (Å²) in [4.78, 5) is 18.1. The van der Waals surface area contributed by atoms with Gasteiger partial charge in [-0.3, -0.25) is 9.78 Å². The molecule has 0 bridgehead atoms. The molecule has 0 N–H and O–H groups in total. The van der Waals surface area contributed by atoms with Gasteiger partial charge in [-0.25, -0.2) is 0 Å². The molecule has 5 heteroatoms. The maximum Gasteiger partial charge on any atom is 0.228 e. The van der Waals surface area contributed by atoms with Crippen LogP contribution in [0.3, 0.4) is 0 Å². The fourth-order valence-electron chi connectivity index (χ4n) is 1.82. The Hall–Kier alpha value is -0.940. The van der Waals surface area contributed by atoms with Gasteiger partial charge in [-0.1, -0.05) is 0 Å². The molecule has 0 unspecified atom stereocenters. The number of pyridine rings is 1. The molecular weight excluding hydrogens is 284 g/mol. The summed E-state index contributed by atoms with van der Waals surface area (Å²) >= 11 is 3.32. The first-order valence-corrected chi connectivity index (χ1v) is 6.44. The summed E-state index contributed by atoms with van der Waals surface area (Å²) in [6.45, 7) is 3.97. The minimum absolute atomic E-state index is 0.120. The molecule has 2 heterocycles. The third-order valence-corrected chi connectivity index (χ3v) is 3.18. The molecule has 1 aromatic rings. The van der Waals surface area contributed by atoms with Gasteiger partial charge in [-0.05, 0) is 35.0 Å². The van der Waals surface area contributed by atoms with Crippen molar-refractivity contribution in [3.63, 3.8) is 0 Å². The Labute approximate surface area is 109 Å². The van der Waals surface area contributed by atoms with E-state index >= 15 is 0 Å². The van der Waals surface area contributed by atoms with Gasteiger partial charge < -0.3 is 9.64 Å². The van der Waals surface area contributed by atoms with Crippen LogP contribution in [0, 0.1) is 0 Å². The predicted molar refractivity (Wildman–Crippen MR) is 67.6 cm³/mol. The van der Waals surface area contributed by atoms with Gasteiger partial charge in [0.2, 0.25) is 5.91 Å². The van der Waals surface area contributed by atoms with Gasteiger partial charge in [0.05, 0.1) is 19.1 Å². The van der Waals surface area contributed by atoms with Gasteiger partial charge in [0.15, 0.2) is 0 Å². The molecule has 1 aliphatic heterocycles. The predicted octanol–water partition coefficient (Wildman–Crippen LogP) is 1.63. The van der Waals surface area contributed by atoms with Crippen LogP contribution in [0.5, 0.6) is 0 Å². The number of rotatable bonds is 2. The zero-order valence-electron chi connectivity index (χ0n) is 9.73. The molecule has 1 fully saturated rings. The molecule has 2 rings (SSSR count). The molecule has 0 radical (unpaired) electrons. The highest BCUT2D eigenvalue weighted by Crippen LogP contribution is 2.10. The van der Waals surface area contributed by atoms with Gasteiger partial charge in [0, 0.05) is 29.5 Å². The first-order chi connectivity index (χ1) is 8.15. The Morgan fingerprint density at radius 1 is 1.65 bits per heavy atom. The largest absolute Gasteiger partial charge is 0.375 e. The first-order valence-electron chi connectivity index (χ1n) is 5.65. The standard InChI is InChI=1S/C12H15BrN2O2/c1-9-8-15(4-5-17-9)12(16)6-11-3-2-10(13)7-14-11/h2-3,7,9H,4-6,8H2,1H3/t9-/m1/s1. The molecule has 4 nitrogen and oxygen atoms in total. The molecule has 0 spiro atoms. The summed E-state index contributed by atoms with van der Waals surface area (Å²) in [5.41, 5.74) is 0.803. The van der Waals surface area contributed by atoms with Crippen LogP contribution < -0.4 is 0 Å². The summed E-state index contributed by atoms with van der Waals surface area (Å²) in [6, 6.07) is 3.77. The van der Waals surface area contributed by atoms with Crippen molar-refractivity contribution in [2.75, 3.05) is 19.7 Å². The van der Waals surface area contributed by atoms with Crippen LogP contribution in [0.15, 0.2) is 22.8 Å². The number of amides is 1. The quantitative estimate of drug-likeness (QED) is 0.833. The molecule has 17 heavy (non-hydrogen) atoms. The summed E-state index contributed by atoms with van der Waals surface area (Å²) in [5.74, 6) is 0.120. The van der Waals surface area contributed by atoms with E-state index in [4.69, 9.17) is 4.74 Å². The highest BCUT2D eigenvalue weighted by atomic mass is 79.9. The second-order valence-electron chi connectivity index (χ2n) is 4.17. The molecule has 1 saturated heterocycles. The number of ether oxygens (including phenoxy) is 1. The minimum atomic E-state index is 0.120. The maximum absolute atomic E-state index is 12.0. The average Bonchev–Trinajstić information content (AvgIpc) is 2.32. The molecule has 92 valence electrons. The van der Waals surface area contributed by atoms with Crippen molar-refractivity contribution in [1.29, 1.82) is 0 Å². The zero-order valence-corrected chi connectivity index (χ0v) is 11.3. The van der Waals surface area contributed by atoms with E-state index in [9.17, 15) is 4.79 Å². The van der Waals surface area contributed by atoms with Gasteiger partial charge in [0.1, 0.15) is 0 Å². The van der Waals surface area contributed by atoms with Gasteiger partial charge in [0.25, 0.3) is 0 Å². The van der Waals surface area contributed by atoms with E-state index in [0.717, 1.165) is 10.2 Å². The number of hydrogen-bond donors (Lipinski definition) is 0. The normalized spacial score (nSPS) is 20.4. The monoisotopic (exact) mass is 298 g/mol. The molecule has 1 aromatic heterocycles. The lowest BCUT2D eigenvalue weighted by molar-refractivity contribution is -0.137. The van der Waals surface area contributed by atoms with Gasteiger partial charge >= 0.3 is 0 Å². The van der Waals surface area contributed by atoms with Crippen molar-refractivity contribution in [3.05, 3.63) is 28.5 Å². The molecule has 0 saturated carbocycles. The Morgan fingerprint density at radius 3 is 3.12 bits per heavy atom. The third-order valence-electron chi connectivity index (χ3n) is 2.71. The number of halogens is 1.